The van der Waals surface area contributed by atoms with Crippen LogP contribution in [0.3, 0.4) is 0 Å². The number of amides is 1. The van der Waals surface area contributed by atoms with Crippen molar-refractivity contribution in [2.45, 2.75) is 37.8 Å². The van der Waals surface area contributed by atoms with Gasteiger partial charge in [0, 0.05) is 51.1 Å². The number of ether oxygens (including phenoxy) is 1. The zero-order valence-corrected chi connectivity index (χ0v) is 13.0. The van der Waals surface area contributed by atoms with Crippen LogP contribution in [0.25, 0.3) is 0 Å². The van der Waals surface area contributed by atoms with Crippen molar-refractivity contribution in [3.8, 4) is 0 Å². The molecule has 0 saturated carbocycles. The molecule has 0 radical (unpaired) electrons. The van der Waals surface area contributed by atoms with Crippen molar-refractivity contribution in [3.63, 3.8) is 0 Å². The van der Waals surface area contributed by atoms with E-state index in [1.807, 2.05) is 18.3 Å². The van der Waals surface area contributed by atoms with Crippen molar-refractivity contribution >= 4 is 5.91 Å². The fourth-order valence-corrected chi connectivity index (χ4v) is 4.33. The molecular weight excluding hydrogens is 278 g/mol. The first kappa shape index (κ1) is 14.3. The SMILES string of the molecule is O=C(c1ccc[nH]1)N1C[C@H]2CC[C@@H]1CN(C1CCOCC1)C2. The highest BCUT2D eigenvalue weighted by molar-refractivity contribution is 5.92. The summed E-state index contributed by atoms with van der Waals surface area (Å²) in [5.41, 5.74) is 0.727. The van der Waals surface area contributed by atoms with E-state index in [-0.39, 0.29) is 5.91 Å². The van der Waals surface area contributed by atoms with Gasteiger partial charge in [-0.15, -0.1) is 0 Å². The molecule has 1 aromatic heterocycles. The Morgan fingerprint density at radius 3 is 2.73 bits per heavy atom. The largest absolute Gasteiger partial charge is 0.381 e. The first-order valence-corrected chi connectivity index (χ1v) is 8.57. The third-order valence-corrected chi connectivity index (χ3v) is 5.54. The van der Waals surface area contributed by atoms with E-state index in [1.54, 1.807) is 0 Å². The number of aromatic nitrogens is 1. The van der Waals surface area contributed by atoms with Crippen LogP contribution in [-0.4, -0.2) is 65.6 Å². The number of piperidine rings is 1. The number of H-pyrrole nitrogens is 1. The quantitative estimate of drug-likeness (QED) is 0.905. The molecule has 1 N–H and O–H groups in total. The number of fused-ring (bicyclic) bond motifs is 4. The van der Waals surface area contributed by atoms with Gasteiger partial charge in [0.1, 0.15) is 5.69 Å². The number of hydrogen-bond acceptors (Lipinski definition) is 3. The molecule has 22 heavy (non-hydrogen) atoms. The predicted molar refractivity (Wildman–Crippen MR) is 83.8 cm³/mol. The van der Waals surface area contributed by atoms with Crippen molar-refractivity contribution in [2.24, 2.45) is 5.92 Å². The fourth-order valence-electron chi connectivity index (χ4n) is 4.33. The Labute approximate surface area is 131 Å². The maximum absolute atomic E-state index is 12.7. The van der Waals surface area contributed by atoms with E-state index >= 15 is 0 Å². The molecule has 1 aromatic rings. The summed E-state index contributed by atoms with van der Waals surface area (Å²) in [6.45, 7) is 4.88. The maximum atomic E-state index is 12.7. The van der Waals surface area contributed by atoms with Crippen LogP contribution in [0.5, 0.6) is 0 Å². The average Bonchev–Trinajstić information content (AvgIpc) is 2.95. The molecule has 5 rings (SSSR count). The molecule has 0 aliphatic carbocycles. The van der Waals surface area contributed by atoms with Crippen LogP contribution < -0.4 is 0 Å². The van der Waals surface area contributed by atoms with Crippen molar-refractivity contribution in [2.75, 3.05) is 32.8 Å². The molecule has 2 atom stereocenters. The molecule has 0 spiro atoms. The van der Waals surface area contributed by atoms with Crippen LogP contribution >= 0.6 is 0 Å². The number of nitrogens with zero attached hydrogens (tertiary/aromatic N) is 2. The maximum Gasteiger partial charge on any atom is 0.270 e. The Kier molecular flexibility index (Phi) is 3.92. The Bertz CT molecular complexity index is 510. The Morgan fingerprint density at radius 2 is 1.95 bits per heavy atom. The Balaban J connectivity index is 1.50. The summed E-state index contributed by atoms with van der Waals surface area (Å²) in [6.07, 6.45) is 6.53. The van der Waals surface area contributed by atoms with Crippen LogP contribution in [0.2, 0.25) is 0 Å². The molecule has 0 unspecified atom stereocenters. The molecule has 2 bridgehead atoms. The lowest BCUT2D eigenvalue weighted by Gasteiger charge is -2.36. The molecule has 5 heteroatoms. The number of nitrogens with one attached hydrogen (secondary N) is 1. The number of aromatic amines is 1. The zero-order valence-electron chi connectivity index (χ0n) is 13.0. The minimum Gasteiger partial charge on any atom is -0.381 e. The second kappa shape index (κ2) is 6.05. The van der Waals surface area contributed by atoms with Gasteiger partial charge >= 0.3 is 0 Å². The van der Waals surface area contributed by atoms with Gasteiger partial charge in [-0.05, 0) is 43.7 Å². The number of carbonyl (C=O) groups is 1. The van der Waals surface area contributed by atoms with Gasteiger partial charge in [0.05, 0.1) is 0 Å². The lowest BCUT2D eigenvalue weighted by atomic mass is 9.94. The molecule has 5 nitrogen and oxygen atoms in total. The summed E-state index contributed by atoms with van der Waals surface area (Å²) >= 11 is 0. The first-order valence-electron chi connectivity index (χ1n) is 8.57. The summed E-state index contributed by atoms with van der Waals surface area (Å²) < 4.78 is 5.50. The summed E-state index contributed by atoms with van der Waals surface area (Å²) in [5.74, 6) is 0.800. The van der Waals surface area contributed by atoms with Crippen LogP contribution in [0, 0.1) is 5.92 Å². The smallest absolute Gasteiger partial charge is 0.270 e. The zero-order chi connectivity index (χ0) is 14.9. The average molecular weight is 303 g/mol. The van der Waals surface area contributed by atoms with Crippen LogP contribution in [0.15, 0.2) is 18.3 Å². The number of rotatable bonds is 2. The van der Waals surface area contributed by atoms with Gasteiger partial charge < -0.3 is 14.6 Å². The summed E-state index contributed by atoms with van der Waals surface area (Å²) in [4.78, 5) is 20.6. The second-order valence-corrected chi connectivity index (χ2v) is 6.94. The van der Waals surface area contributed by atoms with Crippen molar-refractivity contribution in [3.05, 3.63) is 24.0 Å². The molecule has 0 aromatic carbocycles. The highest BCUT2D eigenvalue weighted by atomic mass is 16.5. The molecule has 4 aliphatic rings. The highest BCUT2D eigenvalue weighted by Crippen LogP contribution is 2.31. The Hall–Kier alpha value is -1.33. The molecule has 120 valence electrons. The summed E-state index contributed by atoms with van der Waals surface area (Å²) in [6, 6.07) is 4.81. The van der Waals surface area contributed by atoms with Gasteiger partial charge in [-0.25, -0.2) is 0 Å². The third kappa shape index (κ3) is 2.68. The standard InChI is InChI=1S/C17H25N3O2/c21-17(16-2-1-7-18-16)20-11-13-3-4-15(20)12-19(10-13)14-5-8-22-9-6-14/h1-2,7,13-15,18H,3-6,8-12H2/t13-,15+/m0/s1. The lowest BCUT2D eigenvalue weighted by Crippen LogP contribution is -2.48. The van der Waals surface area contributed by atoms with E-state index in [0.717, 1.165) is 57.8 Å². The lowest BCUT2D eigenvalue weighted by molar-refractivity contribution is 0.0304. The molecule has 4 aliphatic heterocycles. The van der Waals surface area contributed by atoms with E-state index in [9.17, 15) is 4.79 Å². The minimum atomic E-state index is 0.175. The highest BCUT2D eigenvalue weighted by Gasteiger charge is 2.39. The van der Waals surface area contributed by atoms with E-state index in [0.29, 0.717) is 18.0 Å². The molecular formula is C17H25N3O2. The van der Waals surface area contributed by atoms with E-state index < -0.39 is 0 Å². The topological polar surface area (TPSA) is 48.6 Å². The van der Waals surface area contributed by atoms with Gasteiger partial charge in [0.15, 0.2) is 0 Å². The molecule has 5 heterocycles. The first-order chi connectivity index (χ1) is 10.8. The van der Waals surface area contributed by atoms with Gasteiger partial charge in [0.25, 0.3) is 5.91 Å². The normalized spacial score (nSPS) is 30.5. The Morgan fingerprint density at radius 1 is 1.09 bits per heavy atom. The van der Waals surface area contributed by atoms with E-state index in [1.165, 1.54) is 6.42 Å². The summed E-state index contributed by atoms with van der Waals surface area (Å²) in [7, 11) is 0. The van der Waals surface area contributed by atoms with Crippen molar-refractivity contribution in [1.82, 2.24) is 14.8 Å². The minimum absolute atomic E-state index is 0.175. The van der Waals surface area contributed by atoms with E-state index in [2.05, 4.69) is 14.8 Å². The van der Waals surface area contributed by atoms with Crippen molar-refractivity contribution < 1.29 is 9.53 Å². The van der Waals surface area contributed by atoms with Crippen molar-refractivity contribution in [1.29, 1.82) is 0 Å². The number of hydrogen-bond donors (Lipinski definition) is 1. The van der Waals surface area contributed by atoms with Crippen LogP contribution in [0.1, 0.15) is 36.2 Å². The van der Waals surface area contributed by atoms with Gasteiger partial charge in [-0.3, -0.25) is 9.69 Å². The predicted octanol–water partition coefficient (Wildman–Crippen LogP) is 1.73. The molecule has 4 fully saturated rings. The monoisotopic (exact) mass is 303 g/mol. The van der Waals surface area contributed by atoms with Crippen LogP contribution in [-0.2, 0) is 4.74 Å². The molecule has 4 saturated heterocycles. The molecule has 1 amide bonds. The fraction of sp³-hybridized carbons (Fsp3) is 0.706. The van der Waals surface area contributed by atoms with Gasteiger partial charge in [0.2, 0.25) is 0 Å². The summed E-state index contributed by atoms with van der Waals surface area (Å²) in [5, 5.41) is 0. The van der Waals surface area contributed by atoms with Gasteiger partial charge in [-0.1, -0.05) is 0 Å². The van der Waals surface area contributed by atoms with E-state index in [4.69, 9.17) is 4.74 Å². The number of carbonyl (C=O) groups excluding carboxylic acids is 1. The van der Waals surface area contributed by atoms with Crippen LogP contribution in [0.4, 0.5) is 0 Å². The van der Waals surface area contributed by atoms with Gasteiger partial charge in [-0.2, -0.15) is 0 Å². The second-order valence-electron chi connectivity index (χ2n) is 6.94. The third-order valence-electron chi connectivity index (χ3n) is 5.54.